The minimum absolute atomic E-state index is 0.841. The summed E-state index contributed by atoms with van der Waals surface area (Å²) < 4.78 is 0. The maximum absolute atomic E-state index is 10.4. The molecule has 0 heterocycles. The summed E-state index contributed by atoms with van der Waals surface area (Å²) >= 11 is 0. The van der Waals surface area contributed by atoms with E-state index in [0.29, 0.717) is 0 Å². The molecule has 52 valence electrons. The smallest absolute Gasteiger partial charge is 0.146 e. The third kappa shape index (κ3) is 1.27. The zero-order valence-corrected chi connectivity index (χ0v) is 5.89. The summed E-state index contributed by atoms with van der Waals surface area (Å²) in [5.41, 5.74) is 1.76. The minimum Gasteiger partial charge on any atom is -0.298 e. The maximum atomic E-state index is 10.4. The van der Waals surface area contributed by atoms with Crippen LogP contribution >= 0.6 is 0 Å². The van der Waals surface area contributed by atoms with Gasteiger partial charge in [0.2, 0.25) is 0 Å². The predicted octanol–water partition coefficient (Wildman–Crippen LogP) is 1.69. The normalized spacial score (nSPS) is 18.3. The lowest BCUT2D eigenvalue weighted by molar-refractivity contribution is -0.105. The van der Waals surface area contributed by atoms with Gasteiger partial charge in [-0.05, 0) is 25.7 Å². The fraction of sp³-hybridized carbons (Fsp3) is 0.444. The first-order chi connectivity index (χ1) is 4.88. The van der Waals surface area contributed by atoms with Crippen molar-refractivity contribution >= 4 is 6.29 Å². The van der Waals surface area contributed by atoms with Crippen molar-refractivity contribution in [2.24, 2.45) is 0 Å². The Hall–Kier alpha value is -1.03. The van der Waals surface area contributed by atoms with Crippen LogP contribution in [0.4, 0.5) is 0 Å². The van der Waals surface area contributed by atoms with E-state index >= 15 is 0 Å². The molecule has 0 atom stereocenters. The Morgan fingerprint density at radius 3 is 2.60 bits per heavy atom. The van der Waals surface area contributed by atoms with Gasteiger partial charge in [0.25, 0.3) is 0 Å². The van der Waals surface area contributed by atoms with Crippen LogP contribution in [0.15, 0.2) is 11.1 Å². The van der Waals surface area contributed by atoms with Crippen molar-refractivity contribution in [3.63, 3.8) is 0 Å². The van der Waals surface area contributed by atoms with Crippen molar-refractivity contribution in [1.29, 1.82) is 0 Å². The van der Waals surface area contributed by atoms with E-state index in [1.807, 2.05) is 0 Å². The van der Waals surface area contributed by atoms with Crippen LogP contribution in [0.1, 0.15) is 25.7 Å². The molecular formula is C9H10O. The number of hydrogen-bond donors (Lipinski definition) is 0. The monoisotopic (exact) mass is 134 g/mol. The van der Waals surface area contributed by atoms with E-state index < -0.39 is 0 Å². The van der Waals surface area contributed by atoms with Gasteiger partial charge in [-0.25, -0.2) is 0 Å². The molecule has 0 saturated heterocycles. The zero-order chi connectivity index (χ0) is 7.40. The van der Waals surface area contributed by atoms with E-state index in [2.05, 4.69) is 5.92 Å². The van der Waals surface area contributed by atoms with Gasteiger partial charge < -0.3 is 0 Å². The molecule has 10 heavy (non-hydrogen) atoms. The summed E-state index contributed by atoms with van der Waals surface area (Å²) in [6, 6.07) is 0. The Labute approximate surface area is 61.1 Å². The van der Waals surface area contributed by atoms with Crippen LogP contribution in [0, 0.1) is 12.3 Å². The Kier molecular flexibility index (Phi) is 2.28. The third-order valence-electron chi connectivity index (χ3n) is 1.83. The Morgan fingerprint density at radius 1 is 1.40 bits per heavy atom. The van der Waals surface area contributed by atoms with Gasteiger partial charge in [-0.1, -0.05) is 5.92 Å². The number of rotatable bonds is 1. The maximum Gasteiger partial charge on any atom is 0.146 e. The van der Waals surface area contributed by atoms with E-state index in [4.69, 9.17) is 6.42 Å². The summed E-state index contributed by atoms with van der Waals surface area (Å²) in [5.74, 6) is 2.55. The first-order valence-corrected chi connectivity index (χ1v) is 3.52. The van der Waals surface area contributed by atoms with Crippen molar-refractivity contribution in [3.05, 3.63) is 11.1 Å². The van der Waals surface area contributed by atoms with E-state index in [9.17, 15) is 4.79 Å². The van der Waals surface area contributed by atoms with Crippen LogP contribution in [-0.4, -0.2) is 6.29 Å². The average Bonchev–Trinajstić information content (AvgIpc) is 2.04. The lowest BCUT2D eigenvalue weighted by Gasteiger charge is -2.10. The van der Waals surface area contributed by atoms with Crippen molar-refractivity contribution in [1.82, 2.24) is 0 Å². The molecule has 1 aliphatic carbocycles. The second kappa shape index (κ2) is 3.22. The van der Waals surface area contributed by atoms with E-state index in [-0.39, 0.29) is 0 Å². The first kappa shape index (κ1) is 7.08. The predicted molar refractivity (Wildman–Crippen MR) is 40.4 cm³/mol. The second-order valence-corrected chi connectivity index (χ2v) is 2.47. The molecule has 0 unspecified atom stereocenters. The van der Waals surface area contributed by atoms with Gasteiger partial charge >= 0.3 is 0 Å². The SMILES string of the molecule is C#CC1=C(C=O)CCCC1. The van der Waals surface area contributed by atoms with Crippen LogP contribution in [0.3, 0.4) is 0 Å². The first-order valence-electron chi connectivity index (χ1n) is 3.52. The van der Waals surface area contributed by atoms with Gasteiger partial charge in [0, 0.05) is 11.1 Å². The highest BCUT2D eigenvalue weighted by Crippen LogP contribution is 2.22. The Bertz CT molecular complexity index is 205. The molecule has 0 aliphatic heterocycles. The highest BCUT2D eigenvalue weighted by molar-refractivity contribution is 5.76. The highest BCUT2D eigenvalue weighted by atomic mass is 16.1. The summed E-state index contributed by atoms with van der Waals surface area (Å²) in [4.78, 5) is 10.4. The van der Waals surface area contributed by atoms with Crippen molar-refractivity contribution in [2.45, 2.75) is 25.7 Å². The van der Waals surface area contributed by atoms with Crippen LogP contribution in [0.5, 0.6) is 0 Å². The van der Waals surface area contributed by atoms with Crippen molar-refractivity contribution in [3.8, 4) is 12.3 Å². The largest absolute Gasteiger partial charge is 0.298 e. The standard InChI is InChI=1S/C9H10O/c1-2-8-5-3-4-6-9(8)7-10/h1,7H,3-6H2. The Balaban J connectivity index is 2.85. The molecule has 0 radical (unpaired) electrons. The van der Waals surface area contributed by atoms with Crippen LogP contribution in [0.25, 0.3) is 0 Å². The van der Waals surface area contributed by atoms with Gasteiger partial charge in [0.05, 0.1) is 0 Å². The van der Waals surface area contributed by atoms with Gasteiger partial charge in [0.15, 0.2) is 0 Å². The fourth-order valence-electron chi connectivity index (χ4n) is 1.22. The minimum atomic E-state index is 0.841. The second-order valence-electron chi connectivity index (χ2n) is 2.47. The summed E-state index contributed by atoms with van der Waals surface area (Å²) in [5, 5.41) is 0. The molecule has 0 N–H and O–H groups in total. The number of allylic oxidation sites excluding steroid dienone is 2. The molecule has 0 aromatic rings. The molecule has 1 aliphatic rings. The topological polar surface area (TPSA) is 17.1 Å². The number of terminal acetylenes is 1. The zero-order valence-electron chi connectivity index (χ0n) is 5.89. The molecule has 1 rings (SSSR count). The quantitative estimate of drug-likeness (QED) is 0.394. The van der Waals surface area contributed by atoms with Gasteiger partial charge in [-0.3, -0.25) is 4.79 Å². The lowest BCUT2D eigenvalue weighted by atomic mass is 9.93. The van der Waals surface area contributed by atoms with Gasteiger partial charge in [-0.2, -0.15) is 0 Å². The van der Waals surface area contributed by atoms with Crippen LogP contribution in [-0.2, 0) is 4.79 Å². The fourth-order valence-corrected chi connectivity index (χ4v) is 1.22. The number of carbonyl (C=O) groups is 1. The number of hydrogen-bond acceptors (Lipinski definition) is 1. The molecule has 0 saturated carbocycles. The van der Waals surface area contributed by atoms with Gasteiger partial charge in [0.1, 0.15) is 6.29 Å². The Morgan fingerprint density at radius 2 is 2.10 bits per heavy atom. The molecule has 0 aromatic heterocycles. The molecule has 1 heteroatoms. The summed E-state index contributed by atoms with van der Waals surface area (Å²) in [7, 11) is 0. The summed E-state index contributed by atoms with van der Waals surface area (Å²) in [6.45, 7) is 0. The van der Waals surface area contributed by atoms with E-state index in [1.54, 1.807) is 0 Å². The number of aldehydes is 1. The van der Waals surface area contributed by atoms with E-state index in [1.165, 1.54) is 0 Å². The number of carbonyl (C=O) groups excluding carboxylic acids is 1. The molecule has 0 aromatic carbocycles. The highest BCUT2D eigenvalue weighted by Gasteiger charge is 2.08. The van der Waals surface area contributed by atoms with Crippen LogP contribution < -0.4 is 0 Å². The van der Waals surface area contributed by atoms with Crippen molar-refractivity contribution < 1.29 is 4.79 Å². The van der Waals surface area contributed by atoms with Crippen LogP contribution in [0.2, 0.25) is 0 Å². The molecule has 1 nitrogen and oxygen atoms in total. The molecule has 0 amide bonds. The molecule has 0 fully saturated rings. The van der Waals surface area contributed by atoms with E-state index in [0.717, 1.165) is 43.1 Å². The third-order valence-corrected chi connectivity index (χ3v) is 1.83. The molecular weight excluding hydrogens is 124 g/mol. The molecule has 0 bridgehead atoms. The van der Waals surface area contributed by atoms with Crippen molar-refractivity contribution in [2.75, 3.05) is 0 Å². The van der Waals surface area contributed by atoms with Gasteiger partial charge in [-0.15, -0.1) is 6.42 Å². The molecule has 0 spiro atoms. The summed E-state index contributed by atoms with van der Waals surface area (Å²) in [6.07, 6.45) is 10.1. The lowest BCUT2D eigenvalue weighted by Crippen LogP contribution is -1.98. The average molecular weight is 134 g/mol.